The number of hydrogen-bond donors (Lipinski definition) is 1. The van der Waals surface area contributed by atoms with Gasteiger partial charge in [0.2, 0.25) is 0 Å². The number of nitrogens with one attached hydrogen (secondary N) is 1. The molecule has 2 heterocycles. The molecule has 1 saturated heterocycles. The summed E-state index contributed by atoms with van der Waals surface area (Å²) in [7, 11) is -3.02. The number of nitrogens with zero attached hydrogens (tertiary/aromatic N) is 1. The molecule has 232 valence electrons. The SMILES string of the molecule is COC(=O)c1cc(NS(=O)(=O)c2ccc(C(C)C)cn2)c(Oc2ccccc2OCCl)c(OCCOC2CCCCO2)c1. The van der Waals surface area contributed by atoms with Crippen LogP contribution < -0.4 is 18.9 Å². The fraction of sp³-hybridized carbons (Fsp3) is 0.400. The Morgan fingerprint density at radius 2 is 1.86 bits per heavy atom. The Bertz CT molecular complexity index is 1480. The van der Waals surface area contributed by atoms with E-state index in [0.29, 0.717) is 12.4 Å². The lowest BCUT2D eigenvalue weighted by Crippen LogP contribution is -2.24. The highest BCUT2D eigenvalue weighted by molar-refractivity contribution is 7.92. The molecule has 0 amide bonds. The normalized spacial score (nSPS) is 15.1. The molecule has 1 aromatic heterocycles. The van der Waals surface area contributed by atoms with E-state index in [1.165, 1.54) is 31.5 Å². The minimum absolute atomic E-state index is 0.0208. The van der Waals surface area contributed by atoms with Crippen LogP contribution in [0.15, 0.2) is 59.8 Å². The summed E-state index contributed by atoms with van der Waals surface area (Å²) in [6.45, 7) is 4.81. The lowest BCUT2D eigenvalue weighted by atomic mass is 10.1. The Hall–Kier alpha value is -3.58. The first kappa shape index (κ1) is 32.3. The van der Waals surface area contributed by atoms with E-state index in [1.54, 1.807) is 30.3 Å². The quantitative estimate of drug-likeness (QED) is 0.126. The fourth-order valence-corrected chi connectivity index (χ4v) is 5.31. The van der Waals surface area contributed by atoms with Crippen molar-refractivity contribution in [3.05, 3.63) is 65.9 Å². The molecule has 0 spiro atoms. The molecule has 1 N–H and O–H groups in total. The average Bonchev–Trinajstić information content (AvgIpc) is 3.01. The van der Waals surface area contributed by atoms with Gasteiger partial charge >= 0.3 is 5.97 Å². The van der Waals surface area contributed by atoms with Crippen LogP contribution in [-0.4, -0.2) is 58.7 Å². The summed E-state index contributed by atoms with van der Waals surface area (Å²) in [5, 5.41) is -0.222. The van der Waals surface area contributed by atoms with Crippen LogP contribution in [0.1, 0.15) is 54.9 Å². The van der Waals surface area contributed by atoms with Crippen LogP contribution in [-0.2, 0) is 24.2 Å². The topological polar surface area (TPSA) is 132 Å². The van der Waals surface area contributed by atoms with E-state index in [9.17, 15) is 13.2 Å². The molecule has 4 rings (SSSR count). The maximum Gasteiger partial charge on any atom is 0.338 e. The number of esters is 1. The summed E-state index contributed by atoms with van der Waals surface area (Å²) >= 11 is 5.80. The van der Waals surface area contributed by atoms with Gasteiger partial charge in [0.25, 0.3) is 10.0 Å². The highest BCUT2D eigenvalue weighted by Gasteiger charge is 2.25. The molecule has 0 aliphatic carbocycles. The van der Waals surface area contributed by atoms with Crippen LogP contribution in [0.25, 0.3) is 0 Å². The number of ether oxygens (including phenoxy) is 6. The number of para-hydroxylation sites is 2. The number of halogens is 1. The van der Waals surface area contributed by atoms with Gasteiger partial charge in [0, 0.05) is 12.8 Å². The van der Waals surface area contributed by atoms with Crippen LogP contribution >= 0.6 is 11.6 Å². The summed E-state index contributed by atoms with van der Waals surface area (Å²) in [4.78, 5) is 16.8. The van der Waals surface area contributed by atoms with E-state index >= 15 is 0 Å². The third-order valence-electron chi connectivity index (χ3n) is 6.48. The van der Waals surface area contributed by atoms with Crippen molar-refractivity contribution >= 4 is 33.3 Å². The number of hydrogen-bond acceptors (Lipinski definition) is 10. The summed E-state index contributed by atoms with van der Waals surface area (Å²) in [6, 6.07) is 12.4. The summed E-state index contributed by atoms with van der Waals surface area (Å²) < 4.78 is 63.5. The summed E-state index contributed by atoms with van der Waals surface area (Å²) in [5.41, 5.74) is 0.806. The average molecular weight is 635 g/mol. The minimum atomic E-state index is -4.24. The van der Waals surface area contributed by atoms with Gasteiger partial charge in [-0.3, -0.25) is 4.72 Å². The molecular weight excluding hydrogens is 600 g/mol. The molecule has 3 aromatic rings. The van der Waals surface area contributed by atoms with Gasteiger partial charge < -0.3 is 28.4 Å². The van der Waals surface area contributed by atoms with Gasteiger partial charge in [-0.15, -0.1) is 0 Å². The first-order valence-corrected chi connectivity index (χ1v) is 15.8. The monoisotopic (exact) mass is 634 g/mol. The summed E-state index contributed by atoms with van der Waals surface area (Å²) in [5.74, 6) is 0.00209. The number of aromatic nitrogens is 1. The maximum atomic E-state index is 13.5. The zero-order valence-corrected chi connectivity index (χ0v) is 25.8. The van der Waals surface area contributed by atoms with Crippen LogP contribution in [0.4, 0.5) is 5.69 Å². The van der Waals surface area contributed by atoms with Crippen LogP contribution in [0.3, 0.4) is 0 Å². The van der Waals surface area contributed by atoms with Crippen molar-refractivity contribution in [3.8, 4) is 23.0 Å². The van der Waals surface area contributed by atoms with Crippen molar-refractivity contribution in [1.82, 2.24) is 4.98 Å². The Kier molecular flexibility index (Phi) is 11.5. The van der Waals surface area contributed by atoms with Gasteiger partial charge in [0.15, 0.2) is 40.4 Å². The van der Waals surface area contributed by atoms with Gasteiger partial charge in [0.1, 0.15) is 6.61 Å². The highest BCUT2D eigenvalue weighted by atomic mass is 35.5. The van der Waals surface area contributed by atoms with Crippen molar-refractivity contribution in [1.29, 1.82) is 0 Å². The molecular formula is C30H35ClN2O9S. The lowest BCUT2D eigenvalue weighted by Gasteiger charge is -2.23. The number of rotatable bonds is 14. The third kappa shape index (κ3) is 8.73. The van der Waals surface area contributed by atoms with Gasteiger partial charge in [-0.2, -0.15) is 8.42 Å². The largest absolute Gasteiger partial charge is 0.487 e. The van der Waals surface area contributed by atoms with Crippen molar-refractivity contribution in [2.75, 3.05) is 37.7 Å². The van der Waals surface area contributed by atoms with Gasteiger partial charge in [0.05, 0.1) is 25.0 Å². The van der Waals surface area contributed by atoms with Gasteiger partial charge in [-0.05, 0) is 61.1 Å². The molecule has 13 heteroatoms. The molecule has 0 radical (unpaired) electrons. The Balaban J connectivity index is 1.72. The first-order chi connectivity index (χ1) is 20.7. The Morgan fingerprint density at radius 3 is 2.51 bits per heavy atom. The zero-order chi connectivity index (χ0) is 30.8. The first-order valence-electron chi connectivity index (χ1n) is 13.8. The Labute approximate surface area is 256 Å². The number of benzene rings is 2. The number of sulfonamides is 1. The number of pyridine rings is 1. The molecule has 1 unspecified atom stereocenters. The highest BCUT2D eigenvalue weighted by Crippen LogP contribution is 2.43. The van der Waals surface area contributed by atoms with Gasteiger partial charge in [-0.25, -0.2) is 9.78 Å². The number of methoxy groups -OCH3 is 1. The van der Waals surface area contributed by atoms with Crippen molar-refractivity contribution < 1.29 is 41.6 Å². The Morgan fingerprint density at radius 1 is 1.07 bits per heavy atom. The van der Waals surface area contributed by atoms with Crippen molar-refractivity contribution in [3.63, 3.8) is 0 Å². The molecule has 0 bridgehead atoms. The van der Waals surface area contributed by atoms with E-state index < -0.39 is 16.0 Å². The van der Waals surface area contributed by atoms with Crippen molar-refractivity contribution in [2.24, 2.45) is 0 Å². The van der Waals surface area contributed by atoms with Crippen molar-refractivity contribution in [2.45, 2.75) is 50.3 Å². The minimum Gasteiger partial charge on any atom is -0.487 e. The standard InChI is InChI=1S/C30H35ClN2O9S/c1-20(2)21-11-12-27(32-18-21)43(35,36)33-23-16-22(30(34)37-3)17-26(38-14-15-40-28-10-6-7-13-39-28)29(23)42-25-9-5-4-8-24(25)41-19-31/h4-5,8-9,11-12,16-18,20,28,33H,6-7,10,13-15,19H2,1-3H3. The summed E-state index contributed by atoms with van der Waals surface area (Å²) in [6.07, 6.45) is 3.95. The number of carbonyl (C=O) groups excluding carboxylic acids is 1. The van der Waals surface area contributed by atoms with Crippen LogP contribution in [0.2, 0.25) is 0 Å². The fourth-order valence-electron chi connectivity index (χ4n) is 4.21. The lowest BCUT2D eigenvalue weighted by molar-refractivity contribution is -0.165. The smallest absolute Gasteiger partial charge is 0.338 e. The molecule has 1 atom stereocenters. The second kappa shape index (κ2) is 15.2. The second-order valence-electron chi connectivity index (χ2n) is 9.85. The molecule has 43 heavy (non-hydrogen) atoms. The van der Waals surface area contributed by atoms with E-state index in [1.807, 2.05) is 13.8 Å². The van der Waals surface area contributed by atoms with Crippen LogP contribution in [0.5, 0.6) is 23.0 Å². The predicted octanol–water partition coefficient (Wildman–Crippen LogP) is 6.08. The second-order valence-corrected chi connectivity index (χ2v) is 11.7. The molecule has 2 aromatic carbocycles. The molecule has 1 aliphatic heterocycles. The number of alkyl halides is 1. The van der Waals surface area contributed by atoms with E-state index in [4.69, 9.17) is 40.0 Å². The molecule has 0 saturated carbocycles. The number of anilines is 1. The maximum absolute atomic E-state index is 13.5. The number of carbonyl (C=O) groups is 1. The zero-order valence-electron chi connectivity index (χ0n) is 24.2. The van der Waals surface area contributed by atoms with Crippen LogP contribution in [0, 0.1) is 0 Å². The molecule has 1 aliphatic rings. The van der Waals surface area contributed by atoms with E-state index in [-0.39, 0.29) is 65.0 Å². The third-order valence-corrected chi connectivity index (χ3v) is 7.87. The van der Waals surface area contributed by atoms with Gasteiger partial charge in [-0.1, -0.05) is 43.6 Å². The molecule has 1 fully saturated rings. The van der Waals surface area contributed by atoms with E-state index in [0.717, 1.165) is 24.8 Å². The van der Waals surface area contributed by atoms with E-state index in [2.05, 4.69) is 9.71 Å². The predicted molar refractivity (Wildman–Crippen MR) is 160 cm³/mol. The molecule has 11 nitrogen and oxygen atoms in total.